The maximum Gasteiger partial charge on any atom is 0.420 e. The average molecular weight is 479 g/mol. The number of rotatable bonds is 3. The van der Waals surface area contributed by atoms with Crippen LogP contribution in [0.5, 0.6) is 0 Å². The number of hydrogen-bond donors (Lipinski definition) is 0. The first-order valence-corrected chi connectivity index (χ1v) is 10.8. The second-order valence-corrected chi connectivity index (χ2v) is 8.42. The molecule has 0 bridgehead atoms. The summed E-state index contributed by atoms with van der Waals surface area (Å²) in [5, 5.41) is 2.60. The Morgan fingerprint density at radius 1 is 1.28 bits per heavy atom. The molecule has 5 rings (SSSR count). The van der Waals surface area contributed by atoms with E-state index < -0.39 is 23.3 Å². The quantitative estimate of drug-likeness (QED) is 0.381. The predicted octanol–water partition coefficient (Wildman–Crippen LogP) is 5.65. The van der Waals surface area contributed by atoms with Crippen molar-refractivity contribution in [3.8, 4) is 11.1 Å². The van der Waals surface area contributed by atoms with Gasteiger partial charge in [-0.15, -0.1) is 11.3 Å². The van der Waals surface area contributed by atoms with Crippen LogP contribution < -0.4 is 0 Å². The van der Waals surface area contributed by atoms with Gasteiger partial charge in [-0.3, -0.25) is 9.20 Å². The second-order valence-electron chi connectivity index (χ2n) is 7.16. The highest BCUT2D eigenvalue weighted by atomic mass is 35.5. The molecule has 6 nitrogen and oxygen atoms in total. The molecule has 164 valence electrons. The van der Waals surface area contributed by atoms with E-state index in [4.69, 9.17) is 16.0 Å². The van der Waals surface area contributed by atoms with E-state index in [0.29, 0.717) is 25.1 Å². The van der Waals surface area contributed by atoms with Gasteiger partial charge in [-0.1, -0.05) is 17.7 Å². The first-order chi connectivity index (χ1) is 15.3. The van der Waals surface area contributed by atoms with Crippen LogP contribution >= 0.6 is 22.9 Å². The Morgan fingerprint density at radius 2 is 2.12 bits per heavy atom. The lowest BCUT2D eigenvalue weighted by atomic mass is 10.1. The van der Waals surface area contributed by atoms with Crippen molar-refractivity contribution in [2.24, 2.45) is 0 Å². The molecule has 32 heavy (non-hydrogen) atoms. The highest BCUT2D eigenvalue weighted by molar-refractivity contribution is 7.10. The molecule has 0 fully saturated rings. The number of halogens is 4. The summed E-state index contributed by atoms with van der Waals surface area (Å²) in [6.45, 7) is 0.686. The van der Waals surface area contributed by atoms with Crippen molar-refractivity contribution in [2.45, 2.75) is 12.6 Å². The third-order valence-corrected chi connectivity index (χ3v) is 6.44. The standard InChI is InChI=1S/C21H14ClF3N4O2S/c22-17-16(20(30)28-5-1-12(2-6-28)19-26-4-8-32-19)27-18-15(21(23,24)25)9-14(10-29(17)18)13-3-7-31-11-13/h1,3-4,7-11H,2,5-6H2. The molecular weight excluding hydrogens is 465 g/mol. The van der Waals surface area contributed by atoms with Crippen molar-refractivity contribution >= 4 is 40.1 Å². The SMILES string of the molecule is O=C(c1nc2c(C(F)(F)F)cc(-c3ccoc3)cn2c1Cl)N1CC=C(c2nccs2)CC1. The van der Waals surface area contributed by atoms with E-state index in [-0.39, 0.29) is 16.4 Å². The fourth-order valence-corrected chi connectivity index (χ4v) is 4.59. The molecule has 11 heteroatoms. The summed E-state index contributed by atoms with van der Waals surface area (Å²) < 4.78 is 47.4. The van der Waals surface area contributed by atoms with Crippen LogP contribution in [0.2, 0.25) is 5.15 Å². The van der Waals surface area contributed by atoms with Gasteiger partial charge < -0.3 is 9.32 Å². The van der Waals surface area contributed by atoms with Crippen LogP contribution in [0.25, 0.3) is 22.3 Å². The topological polar surface area (TPSA) is 63.6 Å². The summed E-state index contributed by atoms with van der Waals surface area (Å²) in [5.41, 5.74) is 0.106. The van der Waals surface area contributed by atoms with Gasteiger partial charge in [-0.2, -0.15) is 13.2 Å². The van der Waals surface area contributed by atoms with Crippen molar-refractivity contribution < 1.29 is 22.4 Å². The third-order valence-electron chi connectivity index (χ3n) is 5.23. The van der Waals surface area contributed by atoms with E-state index in [1.165, 1.54) is 35.0 Å². The van der Waals surface area contributed by atoms with Crippen molar-refractivity contribution in [3.05, 3.63) is 69.9 Å². The van der Waals surface area contributed by atoms with Crippen LogP contribution in [0, 0.1) is 0 Å². The molecule has 0 saturated carbocycles. The van der Waals surface area contributed by atoms with Crippen molar-refractivity contribution in [1.29, 1.82) is 0 Å². The number of carbonyl (C=O) groups excluding carboxylic acids is 1. The number of thiazole rings is 1. The lowest BCUT2D eigenvalue weighted by Crippen LogP contribution is -2.35. The maximum absolute atomic E-state index is 13.8. The van der Waals surface area contributed by atoms with Gasteiger partial charge in [0.1, 0.15) is 10.2 Å². The molecule has 0 radical (unpaired) electrons. The van der Waals surface area contributed by atoms with Crippen LogP contribution in [0.15, 0.2) is 52.9 Å². The Balaban J connectivity index is 1.54. The van der Waals surface area contributed by atoms with E-state index in [9.17, 15) is 18.0 Å². The molecule has 0 atom stereocenters. The Morgan fingerprint density at radius 3 is 2.75 bits per heavy atom. The van der Waals surface area contributed by atoms with E-state index in [2.05, 4.69) is 9.97 Å². The summed E-state index contributed by atoms with van der Waals surface area (Å²) >= 11 is 7.89. The molecule has 1 aliphatic rings. The van der Waals surface area contributed by atoms with Gasteiger partial charge in [0.05, 0.1) is 18.1 Å². The van der Waals surface area contributed by atoms with Crippen LogP contribution in [0.3, 0.4) is 0 Å². The minimum absolute atomic E-state index is 0.171. The fourth-order valence-electron chi connectivity index (χ4n) is 3.63. The molecule has 1 aliphatic heterocycles. The number of pyridine rings is 1. The van der Waals surface area contributed by atoms with Crippen LogP contribution in [0.1, 0.15) is 27.5 Å². The van der Waals surface area contributed by atoms with Crippen molar-refractivity contribution in [3.63, 3.8) is 0 Å². The van der Waals surface area contributed by atoms with E-state index in [1.807, 2.05) is 11.5 Å². The molecule has 5 heterocycles. The number of nitrogens with zero attached hydrogens (tertiary/aromatic N) is 4. The molecule has 0 saturated heterocycles. The van der Waals surface area contributed by atoms with Crippen LogP contribution in [-0.4, -0.2) is 38.3 Å². The number of fused-ring (bicyclic) bond motifs is 1. The Hall–Kier alpha value is -3.11. The minimum atomic E-state index is -4.69. The number of furan rings is 1. The zero-order chi connectivity index (χ0) is 22.5. The summed E-state index contributed by atoms with van der Waals surface area (Å²) in [4.78, 5) is 22.9. The molecule has 4 aromatic heterocycles. The van der Waals surface area contributed by atoms with Gasteiger partial charge in [0, 0.05) is 42.0 Å². The maximum atomic E-state index is 13.8. The summed E-state index contributed by atoms with van der Waals surface area (Å²) in [7, 11) is 0. The van der Waals surface area contributed by atoms with Crippen LogP contribution in [-0.2, 0) is 6.18 Å². The number of aromatic nitrogens is 3. The van der Waals surface area contributed by atoms with E-state index in [0.717, 1.165) is 21.0 Å². The smallest absolute Gasteiger partial charge is 0.420 e. The lowest BCUT2D eigenvalue weighted by molar-refractivity contribution is -0.136. The van der Waals surface area contributed by atoms with E-state index >= 15 is 0 Å². The Kier molecular flexibility index (Phi) is 5.06. The molecule has 0 unspecified atom stereocenters. The molecule has 0 aliphatic carbocycles. The van der Waals surface area contributed by atoms with Crippen molar-refractivity contribution in [1.82, 2.24) is 19.3 Å². The lowest BCUT2D eigenvalue weighted by Gasteiger charge is -2.25. The van der Waals surface area contributed by atoms with Gasteiger partial charge >= 0.3 is 6.18 Å². The number of amides is 1. The van der Waals surface area contributed by atoms with Gasteiger partial charge in [0.2, 0.25) is 0 Å². The second kappa shape index (κ2) is 7.79. The average Bonchev–Trinajstić information content (AvgIpc) is 3.54. The Bertz CT molecular complexity index is 1330. The number of alkyl halides is 3. The van der Waals surface area contributed by atoms with Crippen molar-refractivity contribution in [2.75, 3.05) is 13.1 Å². The molecule has 0 aromatic carbocycles. The Labute approximate surface area is 188 Å². The molecule has 4 aromatic rings. The van der Waals surface area contributed by atoms with Crippen LogP contribution in [0.4, 0.5) is 13.2 Å². The summed E-state index contributed by atoms with van der Waals surface area (Å²) in [6.07, 6.45) is 3.61. The van der Waals surface area contributed by atoms with E-state index in [1.54, 1.807) is 12.3 Å². The number of hydrogen-bond acceptors (Lipinski definition) is 5. The van der Waals surface area contributed by atoms with Gasteiger partial charge in [-0.25, -0.2) is 9.97 Å². The van der Waals surface area contributed by atoms with Gasteiger partial charge in [-0.05, 0) is 24.1 Å². The fraction of sp³-hybridized carbons (Fsp3) is 0.190. The summed E-state index contributed by atoms with van der Waals surface area (Å²) in [5.74, 6) is -0.522. The minimum Gasteiger partial charge on any atom is -0.472 e. The van der Waals surface area contributed by atoms with Gasteiger partial charge in [0.15, 0.2) is 11.3 Å². The summed E-state index contributed by atoms with van der Waals surface area (Å²) in [6, 6.07) is 2.51. The molecular formula is C21H14ClF3N4O2S. The van der Waals surface area contributed by atoms with Gasteiger partial charge in [0.25, 0.3) is 5.91 Å². The number of carbonyl (C=O) groups is 1. The first-order valence-electron chi connectivity index (χ1n) is 9.52. The zero-order valence-electron chi connectivity index (χ0n) is 16.3. The highest BCUT2D eigenvalue weighted by Crippen LogP contribution is 2.37. The largest absolute Gasteiger partial charge is 0.472 e. The molecule has 0 spiro atoms. The first kappa shape index (κ1) is 20.8. The number of imidazole rings is 1. The zero-order valence-corrected chi connectivity index (χ0v) is 17.8. The molecule has 0 N–H and O–H groups in total. The molecule has 1 amide bonds. The highest BCUT2D eigenvalue weighted by Gasteiger charge is 2.36. The normalized spacial score (nSPS) is 14.8. The predicted molar refractivity (Wildman–Crippen MR) is 114 cm³/mol. The third kappa shape index (κ3) is 3.59. The monoisotopic (exact) mass is 478 g/mol.